The number of anilines is 1. The first-order valence-electron chi connectivity index (χ1n) is 10.1. The van der Waals surface area contributed by atoms with Gasteiger partial charge in [-0.1, -0.05) is 30.3 Å². The molecule has 7 nitrogen and oxygen atoms in total. The van der Waals surface area contributed by atoms with Crippen LogP contribution in [0.1, 0.15) is 26.3 Å². The van der Waals surface area contributed by atoms with Crippen LogP contribution in [0.2, 0.25) is 0 Å². The van der Waals surface area contributed by atoms with E-state index in [9.17, 15) is 4.79 Å². The van der Waals surface area contributed by atoms with E-state index in [1.165, 1.54) is 0 Å². The molecule has 4 rings (SSSR count). The van der Waals surface area contributed by atoms with Crippen molar-refractivity contribution in [2.45, 2.75) is 33.0 Å². The third-order valence-corrected chi connectivity index (χ3v) is 5.28. The maximum atomic E-state index is 12.3. The fourth-order valence-corrected chi connectivity index (χ4v) is 3.92. The van der Waals surface area contributed by atoms with Crippen molar-refractivity contribution in [2.24, 2.45) is 11.8 Å². The van der Waals surface area contributed by atoms with Gasteiger partial charge in [-0.3, -0.25) is 0 Å². The van der Waals surface area contributed by atoms with Crippen LogP contribution in [-0.4, -0.2) is 52.7 Å². The minimum Gasteiger partial charge on any atom is -0.486 e. The first-order valence-corrected chi connectivity index (χ1v) is 10.1. The van der Waals surface area contributed by atoms with Crippen LogP contribution in [-0.2, 0) is 11.3 Å². The Morgan fingerprint density at radius 1 is 1.03 bits per heavy atom. The summed E-state index contributed by atoms with van der Waals surface area (Å²) in [5.41, 5.74) is 0.650. The molecule has 2 saturated heterocycles. The molecule has 0 aliphatic carbocycles. The summed E-state index contributed by atoms with van der Waals surface area (Å²) in [4.78, 5) is 25.3. The van der Waals surface area contributed by atoms with Crippen molar-refractivity contribution in [1.82, 2.24) is 14.9 Å². The first kappa shape index (κ1) is 19.5. The fourth-order valence-electron chi connectivity index (χ4n) is 3.92. The zero-order valence-electron chi connectivity index (χ0n) is 17.2. The Balaban J connectivity index is 1.29. The lowest BCUT2D eigenvalue weighted by atomic mass is 10.0. The third-order valence-electron chi connectivity index (χ3n) is 5.28. The van der Waals surface area contributed by atoms with E-state index in [2.05, 4.69) is 14.9 Å². The second kappa shape index (κ2) is 7.89. The highest BCUT2D eigenvalue weighted by Gasteiger charge is 2.43. The van der Waals surface area contributed by atoms with Gasteiger partial charge < -0.3 is 19.3 Å². The predicted octanol–water partition coefficient (Wildman–Crippen LogP) is 3.36. The van der Waals surface area contributed by atoms with Gasteiger partial charge in [0, 0.05) is 38.0 Å². The highest BCUT2D eigenvalue weighted by Crippen LogP contribution is 2.33. The summed E-state index contributed by atoms with van der Waals surface area (Å²) in [5.74, 6) is 2.24. The summed E-state index contributed by atoms with van der Waals surface area (Å²) in [6.45, 7) is 9.36. The van der Waals surface area contributed by atoms with Gasteiger partial charge in [0.1, 0.15) is 12.2 Å². The number of hydrogen-bond donors (Lipinski definition) is 0. The summed E-state index contributed by atoms with van der Waals surface area (Å²) in [6.07, 6.45) is 3.24. The Bertz CT molecular complexity index is 821. The van der Waals surface area contributed by atoms with Crippen LogP contribution < -0.4 is 9.64 Å². The molecule has 1 amide bonds. The molecule has 3 heterocycles. The number of carbonyl (C=O) groups excluding carboxylic acids is 1. The van der Waals surface area contributed by atoms with Crippen molar-refractivity contribution in [3.05, 3.63) is 48.3 Å². The Labute approximate surface area is 171 Å². The van der Waals surface area contributed by atoms with Crippen molar-refractivity contribution < 1.29 is 14.3 Å². The standard InChI is InChI=1S/C22H28N4O3/c1-22(2,3)29-21(27)26-13-17-11-25(12-18(17)14-26)20-23-9-19(10-24-20)28-15-16-7-5-4-6-8-16/h4-10,17-18H,11-15H2,1-3H3. The van der Waals surface area contributed by atoms with Crippen molar-refractivity contribution >= 4 is 12.0 Å². The third kappa shape index (κ3) is 4.78. The lowest BCUT2D eigenvalue weighted by molar-refractivity contribution is 0.0282. The highest BCUT2D eigenvalue weighted by atomic mass is 16.6. The highest BCUT2D eigenvalue weighted by molar-refractivity contribution is 5.68. The minimum atomic E-state index is -0.459. The number of likely N-dealkylation sites (tertiary alicyclic amines) is 1. The van der Waals surface area contributed by atoms with Crippen LogP contribution in [0.3, 0.4) is 0 Å². The lowest BCUT2D eigenvalue weighted by Crippen LogP contribution is -2.37. The van der Waals surface area contributed by atoms with E-state index in [0.29, 0.717) is 24.2 Å². The van der Waals surface area contributed by atoms with Crippen LogP contribution in [0.5, 0.6) is 5.75 Å². The molecule has 2 aliphatic rings. The van der Waals surface area contributed by atoms with Crippen LogP contribution >= 0.6 is 0 Å². The monoisotopic (exact) mass is 396 g/mol. The van der Waals surface area contributed by atoms with Crippen LogP contribution in [0.25, 0.3) is 0 Å². The first-order chi connectivity index (χ1) is 13.9. The molecule has 2 atom stereocenters. The van der Waals surface area contributed by atoms with Gasteiger partial charge in [0.2, 0.25) is 5.95 Å². The van der Waals surface area contributed by atoms with E-state index in [1.807, 2.05) is 56.0 Å². The van der Waals surface area contributed by atoms with Crippen LogP contribution in [0.4, 0.5) is 10.7 Å². The number of nitrogens with zero attached hydrogens (tertiary/aromatic N) is 4. The van der Waals surface area contributed by atoms with Crippen molar-refractivity contribution in [3.8, 4) is 5.75 Å². The molecular formula is C22H28N4O3. The SMILES string of the molecule is CC(C)(C)OC(=O)N1CC2CN(c3ncc(OCc4ccccc4)cn3)CC2C1. The Kier molecular flexibility index (Phi) is 5.30. The molecule has 154 valence electrons. The molecule has 2 aromatic rings. The van der Waals surface area contributed by atoms with Gasteiger partial charge in [0.25, 0.3) is 0 Å². The van der Waals surface area contributed by atoms with Gasteiger partial charge in [-0.15, -0.1) is 0 Å². The van der Waals surface area contributed by atoms with Gasteiger partial charge in [0.05, 0.1) is 12.4 Å². The second-order valence-corrected chi connectivity index (χ2v) is 8.80. The maximum Gasteiger partial charge on any atom is 0.410 e. The number of rotatable bonds is 4. The topological polar surface area (TPSA) is 67.8 Å². The quantitative estimate of drug-likeness (QED) is 0.789. The number of hydrogen-bond acceptors (Lipinski definition) is 6. The Hall–Kier alpha value is -2.83. The number of amides is 1. The van der Waals surface area contributed by atoms with Crippen molar-refractivity contribution in [1.29, 1.82) is 0 Å². The Morgan fingerprint density at radius 2 is 1.66 bits per heavy atom. The molecule has 2 fully saturated rings. The van der Waals surface area contributed by atoms with Crippen LogP contribution in [0.15, 0.2) is 42.7 Å². The predicted molar refractivity (Wildman–Crippen MR) is 110 cm³/mol. The molecule has 0 radical (unpaired) electrons. The van der Waals surface area contributed by atoms with E-state index in [1.54, 1.807) is 12.4 Å². The van der Waals surface area contributed by atoms with E-state index in [4.69, 9.17) is 9.47 Å². The molecule has 7 heteroatoms. The number of fused-ring (bicyclic) bond motifs is 1. The summed E-state index contributed by atoms with van der Waals surface area (Å²) >= 11 is 0. The van der Waals surface area contributed by atoms with Crippen LogP contribution in [0, 0.1) is 11.8 Å². The lowest BCUT2D eigenvalue weighted by Gasteiger charge is -2.26. The van der Waals surface area contributed by atoms with Gasteiger partial charge >= 0.3 is 6.09 Å². The average molecular weight is 396 g/mol. The zero-order valence-corrected chi connectivity index (χ0v) is 17.2. The molecule has 0 bridgehead atoms. The molecular weight excluding hydrogens is 368 g/mol. The van der Waals surface area contributed by atoms with Crippen molar-refractivity contribution in [2.75, 3.05) is 31.1 Å². The average Bonchev–Trinajstić information content (AvgIpc) is 3.26. The molecule has 29 heavy (non-hydrogen) atoms. The van der Waals surface area contributed by atoms with Gasteiger partial charge in [-0.05, 0) is 26.3 Å². The largest absolute Gasteiger partial charge is 0.486 e. The second-order valence-electron chi connectivity index (χ2n) is 8.80. The van der Waals surface area contributed by atoms with Gasteiger partial charge in [-0.2, -0.15) is 0 Å². The molecule has 0 spiro atoms. The summed E-state index contributed by atoms with van der Waals surface area (Å²) < 4.78 is 11.3. The van der Waals surface area contributed by atoms with E-state index in [0.717, 1.165) is 37.7 Å². The van der Waals surface area contributed by atoms with Crippen molar-refractivity contribution in [3.63, 3.8) is 0 Å². The van der Waals surface area contributed by atoms with E-state index < -0.39 is 5.60 Å². The minimum absolute atomic E-state index is 0.213. The molecule has 0 saturated carbocycles. The molecule has 0 N–H and O–H groups in total. The molecule has 2 aliphatic heterocycles. The van der Waals surface area contributed by atoms with Gasteiger partial charge in [-0.25, -0.2) is 14.8 Å². The summed E-state index contributed by atoms with van der Waals surface area (Å²) in [6, 6.07) is 10.0. The number of benzene rings is 1. The maximum absolute atomic E-state index is 12.3. The molecule has 2 unspecified atom stereocenters. The summed E-state index contributed by atoms with van der Waals surface area (Å²) in [5, 5.41) is 0. The summed E-state index contributed by atoms with van der Waals surface area (Å²) in [7, 11) is 0. The molecule has 1 aromatic heterocycles. The van der Waals surface area contributed by atoms with Gasteiger partial charge in [0.15, 0.2) is 5.75 Å². The zero-order chi connectivity index (χ0) is 20.4. The number of carbonyl (C=O) groups is 1. The number of ether oxygens (including phenoxy) is 2. The van der Waals surface area contributed by atoms with E-state index in [-0.39, 0.29) is 6.09 Å². The smallest absolute Gasteiger partial charge is 0.410 e. The van der Waals surface area contributed by atoms with E-state index >= 15 is 0 Å². The normalized spacial score (nSPS) is 21.2. The fraction of sp³-hybridized carbons (Fsp3) is 0.500. The molecule has 1 aromatic carbocycles. The number of aromatic nitrogens is 2. The Morgan fingerprint density at radius 3 is 2.24 bits per heavy atom.